The van der Waals surface area contributed by atoms with Crippen LogP contribution in [0, 0.1) is 5.82 Å². The monoisotopic (exact) mass is 710 g/mol. The van der Waals surface area contributed by atoms with Crippen molar-refractivity contribution in [1.82, 2.24) is 34.6 Å². The van der Waals surface area contributed by atoms with Crippen LogP contribution in [0.3, 0.4) is 0 Å². The summed E-state index contributed by atoms with van der Waals surface area (Å²) in [6, 6.07) is 25.2. The van der Waals surface area contributed by atoms with Crippen LogP contribution in [-0.2, 0) is 18.5 Å². The summed E-state index contributed by atoms with van der Waals surface area (Å²) in [6.07, 6.45) is 3.91. The number of phenols is 1. The van der Waals surface area contributed by atoms with Gasteiger partial charge in [0.2, 0.25) is 0 Å². The number of anilines is 1. The molecule has 0 bridgehead atoms. The molecule has 258 valence electrons. The van der Waals surface area contributed by atoms with E-state index in [1.165, 1.54) is 30.0 Å². The highest BCUT2D eigenvalue weighted by Crippen LogP contribution is 2.33. The zero-order chi connectivity index (χ0) is 35.4. The van der Waals surface area contributed by atoms with E-state index in [2.05, 4.69) is 58.0 Å². The molecule has 0 fully saturated rings. The van der Waals surface area contributed by atoms with Crippen LogP contribution in [0.1, 0.15) is 30.7 Å². The number of amides is 2. The summed E-state index contributed by atoms with van der Waals surface area (Å²) >= 11 is 3.26. The molecule has 0 saturated heterocycles. The number of carbonyl (C=O) groups is 1. The largest absolute Gasteiger partial charge is 0.508 e. The van der Waals surface area contributed by atoms with Crippen molar-refractivity contribution in [2.75, 3.05) is 31.4 Å². The van der Waals surface area contributed by atoms with Gasteiger partial charge in [0.05, 0.1) is 16.9 Å². The predicted octanol–water partition coefficient (Wildman–Crippen LogP) is 7.60. The van der Waals surface area contributed by atoms with Gasteiger partial charge >= 0.3 is 6.03 Å². The smallest absolute Gasteiger partial charge is 0.320 e. The van der Waals surface area contributed by atoms with Gasteiger partial charge in [-0.05, 0) is 80.0 Å². The van der Waals surface area contributed by atoms with E-state index in [0.29, 0.717) is 11.5 Å². The lowest BCUT2D eigenvalue weighted by molar-refractivity contribution is 0.251. The van der Waals surface area contributed by atoms with E-state index in [-0.39, 0.29) is 35.1 Å². The fourth-order valence-electron chi connectivity index (χ4n) is 5.60. The molecule has 3 N–H and O–H groups in total. The second kappa shape index (κ2) is 15.0. The number of pyridine rings is 1. The van der Waals surface area contributed by atoms with E-state index >= 15 is 0 Å². The molecule has 0 spiro atoms. The third-order valence-electron chi connectivity index (χ3n) is 8.01. The number of fused-ring (bicyclic) bond motifs is 1. The first-order chi connectivity index (χ1) is 24.0. The molecule has 0 atom stereocenters. The average Bonchev–Trinajstić information content (AvgIpc) is 3.70. The third kappa shape index (κ3) is 7.96. The number of halogens is 1. The maximum atomic E-state index is 14.7. The Bertz CT molecular complexity index is 2150. The zero-order valence-electron chi connectivity index (χ0n) is 28.5. The number of hydrogen-bond donors (Lipinski definition) is 3. The van der Waals surface area contributed by atoms with Gasteiger partial charge in [-0.1, -0.05) is 55.9 Å². The lowest BCUT2D eigenvalue weighted by atomic mass is 9.92. The van der Waals surface area contributed by atoms with Crippen LogP contribution >= 0.6 is 23.5 Å². The maximum Gasteiger partial charge on any atom is 0.320 e. The van der Waals surface area contributed by atoms with Gasteiger partial charge in [-0.25, -0.2) is 13.9 Å². The van der Waals surface area contributed by atoms with Crippen LogP contribution in [0.25, 0.3) is 22.7 Å². The number of nitrogens with zero attached hydrogens (tertiary/aromatic N) is 6. The molecular weight excluding hydrogens is 672 g/mol. The van der Waals surface area contributed by atoms with Crippen LogP contribution < -0.4 is 10.6 Å². The Kier molecular flexibility index (Phi) is 10.5. The quantitative estimate of drug-likeness (QED) is 0.119. The second-order valence-corrected chi connectivity index (χ2v) is 14.8. The van der Waals surface area contributed by atoms with Gasteiger partial charge in [0.15, 0.2) is 11.5 Å². The Balaban J connectivity index is 1.21. The number of urea groups is 1. The van der Waals surface area contributed by atoms with Gasteiger partial charge in [-0.3, -0.25) is 9.72 Å². The van der Waals surface area contributed by atoms with Gasteiger partial charge < -0.3 is 15.3 Å². The van der Waals surface area contributed by atoms with E-state index in [0.717, 1.165) is 44.6 Å². The van der Waals surface area contributed by atoms with Crippen molar-refractivity contribution in [3.05, 3.63) is 114 Å². The van der Waals surface area contributed by atoms with E-state index in [1.54, 1.807) is 20.8 Å². The van der Waals surface area contributed by atoms with E-state index < -0.39 is 5.82 Å². The van der Waals surface area contributed by atoms with Gasteiger partial charge in [-0.2, -0.15) is 16.9 Å². The van der Waals surface area contributed by atoms with Crippen LogP contribution in [-0.4, -0.2) is 66.5 Å². The number of phenolic OH excluding ortho intramolecular Hbond substituents is 1. The highest BCUT2D eigenvalue weighted by molar-refractivity contribution is 7.99. The molecule has 6 aromatic rings. The van der Waals surface area contributed by atoms with Crippen LogP contribution in [0.2, 0.25) is 0 Å². The predicted molar refractivity (Wildman–Crippen MR) is 199 cm³/mol. The first kappa shape index (κ1) is 35.0. The van der Waals surface area contributed by atoms with Gasteiger partial charge in [0, 0.05) is 46.3 Å². The topological polar surface area (TPSA) is 113 Å². The Labute approximate surface area is 299 Å². The summed E-state index contributed by atoms with van der Waals surface area (Å²) in [7, 11) is 4.06. The van der Waals surface area contributed by atoms with Crippen molar-refractivity contribution in [2.24, 2.45) is 0 Å². The van der Waals surface area contributed by atoms with Crippen molar-refractivity contribution in [3.63, 3.8) is 0 Å². The second-order valence-electron chi connectivity index (χ2n) is 12.8. The number of carbonyl (C=O) groups excluding carboxylic acids is 1. The number of hydrogen-bond acceptors (Lipinski definition) is 8. The van der Waals surface area contributed by atoms with Crippen LogP contribution in [0.5, 0.6) is 5.75 Å². The molecule has 0 unspecified atom stereocenters. The number of thioether (sulfide) groups is 1. The fraction of sp³-hybridized carbons (Fsp3) is 0.243. The van der Waals surface area contributed by atoms with Gasteiger partial charge in [-0.15, -0.1) is 10.2 Å². The van der Waals surface area contributed by atoms with Crippen molar-refractivity contribution < 1.29 is 14.3 Å². The first-order valence-electron chi connectivity index (χ1n) is 16.0. The van der Waals surface area contributed by atoms with E-state index in [4.69, 9.17) is 5.10 Å². The molecule has 0 aliphatic rings. The fourth-order valence-corrected chi connectivity index (χ4v) is 7.43. The molecule has 6 rings (SSSR count). The lowest BCUT2D eigenvalue weighted by Gasteiger charge is -2.20. The number of rotatable bonds is 12. The standard InChI is InChI=1S/C37H39FN8O2S2/c1-37(2,23-49-5)32-19-34(46(43-32)26-11-8-9-24(17-26)21-44(3)4)40-36(48)39-20-25-10-6-7-12-31(25)50-28-14-16-33-41-42-35(45(33)22-28)29-18-27(47)13-15-30(29)38/h6-19,22,47H,20-21,23H2,1-5H3,(H2,39,40,48). The molecule has 0 aliphatic carbocycles. The van der Waals surface area contributed by atoms with Crippen LogP contribution in [0.15, 0.2) is 101 Å². The van der Waals surface area contributed by atoms with Gasteiger partial charge in [0.1, 0.15) is 17.4 Å². The molecule has 50 heavy (non-hydrogen) atoms. The number of benzene rings is 3. The Morgan fingerprint density at radius 2 is 1.82 bits per heavy atom. The highest BCUT2D eigenvalue weighted by Gasteiger charge is 2.26. The van der Waals surface area contributed by atoms with Gasteiger partial charge in [0.25, 0.3) is 0 Å². The first-order valence-corrected chi connectivity index (χ1v) is 18.2. The third-order valence-corrected chi connectivity index (χ3v) is 10.1. The minimum atomic E-state index is -0.509. The summed E-state index contributed by atoms with van der Waals surface area (Å²) < 4.78 is 18.2. The van der Waals surface area contributed by atoms with Crippen LogP contribution in [0.4, 0.5) is 15.0 Å². The summed E-state index contributed by atoms with van der Waals surface area (Å²) in [6.45, 7) is 5.37. The molecule has 3 aromatic carbocycles. The summed E-state index contributed by atoms with van der Waals surface area (Å²) in [5.41, 5.74) is 4.31. The maximum absolute atomic E-state index is 14.7. The molecule has 0 aliphatic heterocycles. The van der Waals surface area contributed by atoms with Crippen molar-refractivity contribution in [3.8, 4) is 22.8 Å². The van der Waals surface area contributed by atoms with Crippen molar-refractivity contribution in [2.45, 2.75) is 42.1 Å². The molecule has 2 amide bonds. The Morgan fingerprint density at radius 1 is 1.00 bits per heavy atom. The molecule has 3 aromatic heterocycles. The molecule has 0 radical (unpaired) electrons. The van der Waals surface area contributed by atoms with E-state index in [1.807, 2.05) is 74.9 Å². The number of aromatic hydroxyl groups is 1. The molecule has 10 nitrogen and oxygen atoms in total. The summed E-state index contributed by atoms with van der Waals surface area (Å²) in [5.74, 6) is 1.17. The minimum Gasteiger partial charge on any atom is -0.508 e. The normalized spacial score (nSPS) is 11.7. The van der Waals surface area contributed by atoms with Crippen molar-refractivity contribution >= 4 is 41.0 Å². The minimum absolute atomic E-state index is 0.0623. The summed E-state index contributed by atoms with van der Waals surface area (Å²) in [5, 5.41) is 29.3. The molecule has 0 saturated carbocycles. The Morgan fingerprint density at radius 3 is 2.62 bits per heavy atom. The lowest BCUT2D eigenvalue weighted by Crippen LogP contribution is -2.29. The molecule has 13 heteroatoms. The molecule has 3 heterocycles. The summed E-state index contributed by atoms with van der Waals surface area (Å²) in [4.78, 5) is 17.3. The Hall–Kier alpha value is -4.85. The number of nitrogens with one attached hydrogen (secondary N) is 2. The average molecular weight is 711 g/mol. The van der Waals surface area contributed by atoms with E-state index in [9.17, 15) is 14.3 Å². The molecular formula is C37H39FN8O2S2. The highest BCUT2D eigenvalue weighted by atomic mass is 32.2. The SMILES string of the molecule is CSCC(C)(C)c1cc(NC(=O)NCc2ccccc2Sc2ccc3nnc(-c4cc(O)ccc4F)n3c2)n(-c2cccc(CN(C)C)c2)n1. The number of aromatic nitrogens is 5. The zero-order valence-corrected chi connectivity index (χ0v) is 30.1. The van der Waals surface area contributed by atoms with Crippen molar-refractivity contribution in [1.29, 1.82) is 0 Å².